The Balaban J connectivity index is 2.57. The lowest BCUT2D eigenvalue weighted by Crippen LogP contribution is -2.50. The topological polar surface area (TPSA) is 86.3 Å². The maximum atomic E-state index is 11.7. The van der Waals surface area contributed by atoms with E-state index >= 15 is 0 Å². The minimum Gasteiger partial charge on any atom is -0.450 e. The third-order valence-corrected chi connectivity index (χ3v) is 3.79. The number of carbonyl (C=O) groups excluding carboxylic acids is 2. The van der Waals surface area contributed by atoms with Crippen LogP contribution in [0.3, 0.4) is 0 Å². The second kappa shape index (κ2) is 10.6. The van der Waals surface area contributed by atoms with Crippen molar-refractivity contribution in [1.82, 2.24) is 20.4 Å². The average molecular weight is 353 g/mol. The van der Waals surface area contributed by atoms with Crippen molar-refractivity contribution in [2.75, 3.05) is 46.9 Å². The molecule has 1 saturated heterocycles. The van der Waals surface area contributed by atoms with E-state index < -0.39 is 0 Å². The number of hydrogen-bond acceptors (Lipinski definition) is 4. The molecule has 1 fully saturated rings. The molecule has 2 N–H and O–H groups in total. The summed E-state index contributed by atoms with van der Waals surface area (Å²) in [6.07, 6.45) is 1.34. The molecule has 8 nitrogen and oxygen atoms in total. The Morgan fingerprint density at radius 2 is 1.96 bits per heavy atom. The highest BCUT2D eigenvalue weighted by Crippen LogP contribution is 2.11. The molecule has 0 radical (unpaired) electrons. The first-order chi connectivity index (χ1) is 11.8. The number of piperidine rings is 1. The molecule has 1 aliphatic rings. The molecule has 1 aliphatic heterocycles. The van der Waals surface area contributed by atoms with Crippen molar-refractivity contribution in [3.8, 4) is 0 Å². The number of rotatable bonds is 6. The van der Waals surface area contributed by atoms with Gasteiger partial charge in [-0.3, -0.25) is 4.79 Å². The minimum atomic E-state index is -0.258. The summed E-state index contributed by atoms with van der Waals surface area (Å²) in [4.78, 5) is 31.1. The van der Waals surface area contributed by atoms with Crippen LogP contribution in [0.2, 0.25) is 0 Å². The Morgan fingerprint density at radius 3 is 2.48 bits per heavy atom. The van der Waals surface area contributed by atoms with Gasteiger partial charge in [0.05, 0.1) is 6.61 Å². The van der Waals surface area contributed by atoms with Gasteiger partial charge in [0.2, 0.25) is 5.91 Å². The fraction of sp³-hybridized carbons (Fsp3) is 0.706. The third-order valence-electron chi connectivity index (χ3n) is 3.79. The molecule has 0 aliphatic carbocycles. The molecule has 0 bridgehead atoms. The van der Waals surface area contributed by atoms with Crippen LogP contribution in [0.25, 0.3) is 0 Å². The molecule has 0 aromatic heterocycles. The second-order valence-corrected chi connectivity index (χ2v) is 6.37. The van der Waals surface area contributed by atoms with Gasteiger partial charge in [0.1, 0.15) is 6.54 Å². The number of ether oxygens (including phenoxy) is 1. The number of nitrogens with one attached hydrogen (secondary N) is 2. The smallest absolute Gasteiger partial charge is 0.409 e. The average Bonchev–Trinajstić information content (AvgIpc) is 2.57. The maximum Gasteiger partial charge on any atom is 0.409 e. The van der Waals surface area contributed by atoms with Crippen LogP contribution >= 0.6 is 0 Å². The predicted octanol–water partition coefficient (Wildman–Crippen LogP) is 0.807. The van der Waals surface area contributed by atoms with Crippen molar-refractivity contribution >= 4 is 18.0 Å². The molecule has 0 saturated carbocycles. The summed E-state index contributed by atoms with van der Waals surface area (Å²) in [5.74, 6) is 0.529. The molecule has 25 heavy (non-hydrogen) atoms. The van der Waals surface area contributed by atoms with Crippen LogP contribution < -0.4 is 10.6 Å². The molecule has 1 heterocycles. The highest BCUT2D eigenvalue weighted by Gasteiger charge is 2.24. The Morgan fingerprint density at radius 1 is 1.32 bits per heavy atom. The van der Waals surface area contributed by atoms with E-state index in [2.05, 4.69) is 22.2 Å². The van der Waals surface area contributed by atoms with E-state index in [4.69, 9.17) is 4.74 Å². The van der Waals surface area contributed by atoms with Gasteiger partial charge in [-0.25, -0.2) is 9.79 Å². The minimum absolute atomic E-state index is 0.0615. The molecular formula is C17H31N5O3. The first-order valence-corrected chi connectivity index (χ1v) is 8.64. The Bertz CT molecular complexity index is 497. The molecule has 1 rings (SSSR count). The lowest BCUT2D eigenvalue weighted by Gasteiger charge is -2.32. The van der Waals surface area contributed by atoms with Gasteiger partial charge in [0.15, 0.2) is 5.96 Å². The van der Waals surface area contributed by atoms with Crippen LogP contribution in [-0.2, 0) is 9.53 Å². The van der Waals surface area contributed by atoms with E-state index in [0.29, 0.717) is 32.2 Å². The number of likely N-dealkylation sites (N-methyl/N-ethyl adjacent to an activating group) is 1. The summed E-state index contributed by atoms with van der Waals surface area (Å²) < 4.78 is 5.03. The van der Waals surface area contributed by atoms with Crippen LogP contribution in [-0.4, -0.2) is 80.7 Å². The number of nitrogens with zero attached hydrogens (tertiary/aromatic N) is 3. The van der Waals surface area contributed by atoms with Crippen molar-refractivity contribution < 1.29 is 14.3 Å². The zero-order valence-electron chi connectivity index (χ0n) is 15.8. The van der Waals surface area contributed by atoms with Gasteiger partial charge in [-0.2, -0.15) is 0 Å². The Hall–Kier alpha value is -2.25. The van der Waals surface area contributed by atoms with Gasteiger partial charge < -0.3 is 25.2 Å². The van der Waals surface area contributed by atoms with E-state index in [0.717, 1.165) is 18.4 Å². The number of guanidine groups is 1. The quantitative estimate of drug-likeness (QED) is 0.419. The lowest BCUT2D eigenvalue weighted by molar-refractivity contribution is -0.127. The highest BCUT2D eigenvalue weighted by atomic mass is 16.6. The van der Waals surface area contributed by atoms with E-state index in [1.165, 1.54) is 4.90 Å². The largest absolute Gasteiger partial charge is 0.450 e. The first kappa shape index (κ1) is 20.8. The summed E-state index contributed by atoms with van der Waals surface area (Å²) in [6, 6.07) is 0.191. The van der Waals surface area contributed by atoms with Crippen LogP contribution in [0.1, 0.15) is 26.7 Å². The van der Waals surface area contributed by atoms with Crippen molar-refractivity contribution in [1.29, 1.82) is 0 Å². The predicted molar refractivity (Wildman–Crippen MR) is 98.6 cm³/mol. The highest BCUT2D eigenvalue weighted by molar-refractivity contribution is 5.85. The third kappa shape index (κ3) is 7.91. The van der Waals surface area contributed by atoms with Crippen LogP contribution in [0.4, 0.5) is 4.79 Å². The van der Waals surface area contributed by atoms with Crippen LogP contribution in [0.15, 0.2) is 17.1 Å². The van der Waals surface area contributed by atoms with E-state index in [-0.39, 0.29) is 24.6 Å². The van der Waals surface area contributed by atoms with Crippen molar-refractivity contribution in [2.24, 2.45) is 4.99 Å². The molecule has 0 unspecified atom stereocenters. The summed E-state index contributed by atoms with van der Waals surface area (Å²) in [7, 11) is 3.41. The number of amides is 2. The molecular weight excluding hydrogens is 322 g/mol. The molecule has 142 valence electrons. The first-order valence-electron chi connectivity index (χ1n) is 8.64. The van der Waals surface area contributed by atoms with Crippen molar-refractivity contribution in [3.05, 3.63) is 12.2 Å². The molecule has 0 atom stereocenters. The lowest BCUT2D eigenvalue weighted by atomic mass is 10.1. The van der Waals surface area contributed by atoms with Gasteiger partial charge in [-0.15, -0.1) is 0 Å². The zero-order chi connectivity index (χ0) is 18.8. The Kier molecular flexibility index (Phi) is 8.80. The van der Waals surface area contributed by atoms with E-state index in [1.54, 1.807) is 25.9 Å². The number of carbonyl (C=O) groups is 2. The fourth-order valence-corrected chi connectivity index (χ4v) is 2.29. The summed E-state index contributed by atoms with van der Waals surface area (Å²) in [6.45, 7) is 9.93. The van der Waals surface area contributed by atoms with Gasteiger partial charge in [-0.1, -0.05) is 12.2 Å². The molecule has 0 spiro atoms. The summed E-state index contributed by atoms with van der Waals surface area (Å²) >= 11 is 0. The number of hydrogen-bond donors (Lipinski definition) is 2. The summed E-state index contributed by atoms with van der Waals surface area (Å²) in [5, 5.41) is 6.52. The standard InChI is InChI=1S/C17H31N5O3/c1-6-25-17(24)22-9-7-14(8-10-22)20-16(18-11-13(2)3)19-12-15(23)21(4)5/h14H,2,6-12H2,1,3-5H3,(H2,18,19,20). The normalized spacial score (nSPS) is 15.5. The van der Waals surface area contributed by atoms with Crippen molar-refractivity contribution in [2.45, 2.75) is 32.7 Å². The van der Waals surface area contributed by atoms with Crippen molar-refractivity contribution in [3.63, 3.8) is 0 Å². The van der Waals surface area contributed by atoms with Gasteiger partial charge >= 0.3 is 6.09 Å². The van der Waals surface area contributed by atoms with Gasteiger partial charge in [0.25, 0.3) is 0 Å². The fourth-order valence-electron chi connectivity index (χ4n) is 2.29. The molecule has 8 heteroatoms. The molecule has 2 amide bonds. The molecule has 0 aromatic carbocycles. The SMILES string of the molecule is C=C(C)CNC(=NCC(=O)N(C)C)NC1CCN(C(=O)OCC)CC1. The van der Waals surface area contributed by atoms with E-state index in [1.807, 2.05) is 6.92 Å². The van der Waals surface area contributed by atoms with Gasteiger partial charge in [-0.05, 0) is 26.7 Å². The zero-order valence-corrected chi connectivity index (χ0v) is 15.8. The second-order valence-electron chi connectivity index (χ2n) is 6.37. The van der Waals surface area contributed by atoms with Gasteiger partial charge in [0, 0.05) is 39.8 Å². The number of likely N-dealkylation sites (tertiary alicyclic amines) is 1. The maximum absolute atomic E-state index is 11.7. The van der Waals surface area contributed by atoms with Crippen LogP contribution in [0.5, 0.6) is 0 Å². The number of aliphatic imine (C=N–C) groups is 1. The Labute approximate surface area is 150 Å². The monoisotopic (exact) mass is 353 g/mol. The molecule has 0 aromatic rings. The van der Waals surface area contributed by atoms with E-state index in [9.17, 15) is 9.59 Å². The summed E-state index contributed by atoms with van der Waals surface area (Å²) in [5.41, 5.74) is 0.977. The van der Waals surface area contributed by atoms with Crippen LogP contribution in [0, 0.1) is 0 Å².